The molecule has 104 valence electrons. The highest BCUT2D eigenvalue weighted by atomic mass is 16.1. The summed E-state index contributed by atoms with van der Waals surface area (Å²) in [4.78, 5) is 16.2. The number of piperazine rings is 1. The zero-order chi connectivity index (χ0) is 13.7. The molecule has 1 saturated heterocycles. The average Bonchev–Trinajstić information content (AvgIpc) is 2.41. The van der Waals surface area contributed by atoms with Crippen molar-refractivity contribution >= 4 is 17.3 Å². The van der Waals surface area contributed by atoms with Crippen LogP contribution in [0.3, 0.4) is 0 Å². The molecular weight excluding hydrogens is 240 g/mol. The number of hydrogen-bond acceptors (Lipinski definition) is 4. The molecule has 0 bridgehead atoms. The molecule has 1 aliphatic heterocycles. The van der Waals surface area contributed by atoms with E-state index < -0.39 is 0 Å². The quantitative estimate of drug-likeness (QED) is 0.834. The average molecular weight is 262 g/mol. The normalized spacial score (nSPS) is 16.4. The number of amides is 1. The Hall–Kier alpha value is -1.59. The van der Waals surface area contributed by atoms with Crippen LogP contribution in [0.2, 0.25) is 0 Å². The van der Waals surface area contributed by atoms with Crippen molar-refractivity contribution in [3.05, 3.63) is 24.3 Å². The first-order valence-corrected chi connectivity index (χ1v) is 6.67. The van der Waals surface area contributed by atoms with Crippen LogP contribution in [0.4, 0.5) is 11.4 Å². The van der Waals surface area contributed by atoms with E-state index in [0.717, 1.165) is 31.9 Å². The molecule has 19 heavy (non-hydrogen) atoms. The Balaban J connectivity index is 1.92. The summed E-state index contributed by atoms with van der Waals surface area (Å²) in [6.45, 7) is 4.64. The second kappa shape index (κ2) is 6.54. The molecular formula is C14H22N4O. The van der Waals surface area contributed by atoms with Crippen LogP contribution in [0, 0.1) is 0 Å². The minimum Gasteiger partial charge on any atom is -0.369 e. The van der Waals surface area contributed by atoms with Gasteiger partial charge >= 0.3 is 0 Å². The summed E-state index contributed by atoms with van der Waals surface area (Å²) in [5, 5.41) is 5.68. The van der Waals surface area contributed by atoms with Gasteiger partial charge in [-0.15, -0.1) is 0 Å². The third kappa shape index (κ3) is 3.94. The molecule has 1 aromatic rings. The van der Waals surface area contributed by atoms with Gasteiger partial charge in [-0.2, -0.15) is 0 Å². The number of nitrogens with zero attached hydrogens (tertiary/aromatic N) is 2. The van der Waals surface area contributed by atoms with Crippen molar-refractivity contribution in [1.82, 2.24) is 10.2 Å². The minimum absolute atomic E-state index is 0.0187. The van der Waals surface area contributed by atoms with Crippen molar-refractivity contribution in [2.24, 2.45) is 0 Å². The second-order valence-corrected chi connectivity index (χ2v) is 4.92. The van der Waals surface area contributed by atoms with Gasteiger partial charge in [0.1, 0.15) is 0 Å². The number of nitrogens with one attached hydrogen (secondary N) is 2. The van der Waals surface area contributed by atoms with E-state index in [1.807, 2.05) is 12.1 Å². The summed E-state index contributed by atoms with van der Waals surface area (Å²) in [6.07, 6.45) is 0. The Morgan fingerprint density at radius 3 is 2.37 bits per heavy atom. The van der Waals surface area contributed by atoms with Gasteiger partial charge < -0.3 is 20.4 Å². The summed E-state index contributed by atoms with van der Waals surface area (Å²) in [5.41, 5.74) is 2.07. The number of likely N-dealkylation sites (N-methyl/N-ethyl adjacent to an activating group) is 2. The van der Waals surface area contributed by atoms with E-state index in [2.05, 4.69) is 39.6 Å². The maximum absolute atomic E-state index is 11.4. The van der Waals surface area contributed by atoms with Crippen LogP contribution in [-0.2, 0) is 4.79 Å². The van der Waals surface area contributed by atoms with Crippen LogP contribution < -0.4 is 15.5 Å². The fourth-order valence-corrected chi connectivity index (χ4v) is 2.19. The Morgan fingerprint density at radius 1 is 1.16 bits per heavy atom. The lowest BCUT2D eigenvalue weighted by molar-refractivity contribution is -0.115. The molecule has 1 heterocycles. The molecule has 0 aromatic heterocycles. The van der Waals surface area contributed by atoms with E-state index in [9.17, 15) is 4.79 Å². The fraction of sp³-hybridized carbons (Fsp3) is 0.500. The van der Waals surface area contributed by atoms with Crippen LogP contribution >= 0.6 is 0 Å². The summed E-state index contributed by atoms with van der Waals surface area (Å²) >= 11 is 0. The molecule has 0 saturated carbocycles. The molecule has 0 aliphatic carbocycles. The van der Waals surface area contributed by atoms with Crippen LogP contribution in [0.25, 0.3) is 0 Å². The van der Waals surface area contributed by atoms with Crippen LogP contribution in [0.1, 0.15) is 0 Å². The molecule has 2 N–H and O–H groups in total. The number of anilines is 2. The number of carbonyl (C=O) groups excluding carboxylic acids is 1. The lowest BCUT2D eigenvalue weighted by atomic mass is 10.2. The van der Waals surface area contributed by atoms with Crippen molar-refractivity contribution in [3.63, 3.8) is 0 Å². The van der Waals surface area contributed by atoms with E-state index in [4.69, 9.17) is 0 Å². The van der Waals surface area contributed by atoms with Crippen molar-refractivity contribution in [3.8, 4) is 0 Å². The van der Waals surface area contributed by atoms with Gasteiger partial charge in [0.05, 0.1) is 6.54 Å². The number of carbonyl (C=O) groups is 1. The lowest BCUT2D eigenvalue weighted by Crippen LogP contribution is -2.44. The Kier molecular flexibility index (Phi) is 4.76. The number of rotatable bonds is 4. The molecule has 1 fully saturated rings. The van der Waals surface area contributed by atoms with Gasteiger partial charge in [0.2, 0.25) is 5.91 Å². The van der Waals surface area contributed by atoms with Crippen molar-refractivity contribution in [2.45, 2.75) is 0 Å². The highest BCUT2D eigenvalue weighted by Crippen LogP contribution is 2.19. The van der Waals surface area contributed by atoms with Gasteiger partial charge in [-0.05, 0) is 38.4 Å². The van der Waals surface area contributed by atoms with Crippen LogP contribution in [0.5, 0.6) is 0 Å². The molecule has 0 spiro atoms. The van der Waals surface area contributed by atoms with Gasteiger partial charge in [-0.3, -0.25) is 4.79 Å². The van der Waals surface area contributed by atoms with Gasteiger partial charge in [-0.25, -0.2) is 0 Å². The maximum Gasteiger partial charge on any atom is 0.238 e. The van der Waals surface area contributed by atoms with E-state index in [-0.39, 0.29) is 5.91 Å². The topological polar surface area (TPSA) is 47.6 Å². The molecule has 0 radical (unpaired) electrons. The zero-order valence-electron chi connectivity index (χ0n) is 11.6. The summed E-state index contributed by atoms with van der Waals surface area (Å²) < 4.78 is 0. The fourth-order valence-electron chi connectivity index (χ4n) is 2.19. The van der Waals surface area contributed by atoms with Crippen LogP contribution in [0.15, 0.2) is 24.3 Å². The smallest absolute Gasteiger partial charge is 0.238 e. The highest BCUT2D eigenvalue weighted by Gasteiger charge is 2.13. The van der Waals surface area contributed by atoms with Crippen LogP contribution in [-0.4, -0.2) is 57.6 Å². The van der Waals surface area contributed by atoms with E-state index in [1.54, 1.807) is 7.05 Å². The van der Waals surface area contributed by atoms with Gasteiger partial charge in [0.25, 0.3) is 0 Å². The first-order chi connectivity index (χ1) is 9.19. The van der Waals surface area contributed by atoms with E-state index in [0.29, 0.717) is 6.54 Å². The Bertz CT molecular complexity index is 410. The summed E-state index contributed by atoms with van der Waals surface area (Å²) in [5.74, 6) is -0.0187. The molecule has 5 heteroatoms. The highest BCUT2D eigenvalue weighted by molar-refractivity contribution is 5.92. The van der Waals surface area contributed by atoms with Crippen molar-refractivity contribution in [2.75, 3.05) is 57.0 Å². The molecule has 5 nitrogen and oxygen atoms in total. The van der Waals surface area contributed by atoms with Gasteiger partial charge in [0, 0.05) is 37.6 Å². The second-order valence-electron chi connectivity index (χ2n) is 4.92. The van der Waals surface area contributed by atoms with Gasteiger partial charge in [0.15, 0.2) is 0 Å². The number of benzene rings is 1. The third-order valence-electron chi connectivity index (χ3n) is 3.36. The Labute approximate surface area is 114 Å². The standard InChI is InChI=1S/C14H22N4O/c1-15-11-14(19)16-12-3-5-13(6-4-12)18-9-7-17(2)8-10-18/h3-6,15H,7-11H2,1-2H3,(H,16,19). The minimum atomic E-state index is -0.0187. The maximum atomic E-state index is 11.4. The third-order valence-corrected chi connectivity index (χ3v) is 3.36. The molecule has 1 aliphatic rings. The SMILES string of the molecule is CNCC(=O)Nc1ccc(N2CCN(C)CC2)cc1. The number of hydrogen-bond donors (Lipinski definition) is 2. The first-order valence-electron chi connectivity index (χ1n) is 6.67. The lowest BCUT2D eigenvalue weighted by Gasteiger charge is -2.34. The molecule has 2 rings (SSSR count). The predicted octanol–water partition coefficient (Wildman–Crippen LogP) is 0.596. The molecule has 0 atom stereocenters. The monoisotopic (exact) mass is 262 g/mol. The van der Waals surface area contributed by atoms with E-state index in [1.165, 1.54) is 5.69 Å². The van der Waals surface area contributed by atoms with E-state index >= 15 is 0 Å². The molecule has 0 unspecified atom stereocenters. The summed E-state index contributed by atoms with van der Waals surface area (Å²) in [7, 11) is 3.91. The van der Waals surface area contributed by atoms with Crippen molar-refractivity contribution < 1.29 is 4.79 Å². The first kappa shape index (κ1) is 13.8. The van der Waals surface area contributed by atoms with Gasteiger partial charge in [-0.1, -0.05) is 0 Å². The zero-order valence-corrected chi connectivity index (χ0v) is 11.6. The largest absolute Gasteiger partial charge is 0.369 e. The molecule has 1 amide bonds. The summed E-state index contributed by atoms with van der Waals surface area (Å²) in [6, 6.07) is 8.06. The molecule has 1 aromatic carbocycles. The predicted molar refractivity (Wildman–Crippen MR) is 78.7 cm³/mol. The van der Waals surface area contributed by atoms with Crippen molar-refractivity contribution in [1.29, 1.82) is 0 Å². The Morgan fingerprint density at radius 2 is 1.79 bits per heavy atom.